The van der Waals surface area contributed by atoms with Crippen molar-refractivity contribution in [1.82, 2.24) is 14.3 Å². The lowest BCUT2D eigenvalue weighted by atomic mass is 10.4. The lowest BCUT2D eigenvalue weighted by Gasteiger charge is -2.10. The Morgan fingerprint density at radius 1 is 1.29 bits per heavy atom. The first-order chi connectivity index (χ1) is 10.1. The van der Waals surface area contributed by atoms with Crippen LogP contribution in [0.25, 0.3) is 0 Å². The van der Waals surface area contributed by atoms with Crippen molar-refractivity contribution in [3.05, 3.63) is 57.4 Å². The Balaban J connectivity index is 2.03. The van der Waals surface area contributed by atoms with Gasteiger partial charge in [0.05, 0.1) is 12.7 Å². The molecule has 1 atom stereocenters. The Labute approximate surface area is 121 Å². The molecule has 0 saturated heterocycles. The molecule has 0 fully saturated rings. The van der Waals surface area contributed by atoms with Crippen molar-refractivity contribution in [2.75, 3.05) is 6.61 Å². The number of hydrogen-bond acceptors (Lipinski definition) is 5. The van der Waals surface area contributed by atoms with Crippen LogP contribution < -0.4 is 21.6 Å². The molecule has 0 aliphatic rings. The maximum absolute atomic E-state index is 11.9. The highest BCUT2D eigenvalue weighted by Gasteiger charge is 2.03. The monoisotopic (exact) mass is 290 g/mol. The summed E-state index contributed by atoms with van der Waals surface area (Å²) in [5, 5.41) is 4.02. The van der Waals surface area contributed by atoms with E-state index in [1.165, 1.54) is 27.6 Å². The van der Waals surface area contributed by atoms with E-state index in [9.17, 15) is 9.59 Å². The van der Waals surface area contributed by atoms with Crippen LogP contribution >= 0.6 is 0 Å². The van der Waals surface area contributed by atoms with Crippen LogP contribution in [0.3, 0.4) is 0 Å². The first kappa shape index (κ1) is 15.0. The smallest absolute Gasteiger partial charge is 0.270 e. The van der Waals surface area contributed by atoms with E-state index < -0.39 is 0 Å². The largest absolute Gasteiger partial charge is 0.490 e. The summed E-state index contributed by atoms with van der Waals surface area (Å²) < 4.78 is 8.14. The summed E-state index contributed by atoms with van der Waals surface area (Å²) in [6.45, 7) is 2.83. The molecule has 2 heterocycles. The van der Waals surface area contributed by atoms with Crippen LogP contribution in [-0.2, 0) is 13.1 Å². The fraction of sp³-hybridized carbons (Fsp3) is 0.357. The third-order valence-electron chi connectivity index (χ3n) is 2.81. The first-order valence-corrected chi connectivity index (χ1v) is 6.67. The maximum Gasteiger partial charge on any atom is 0.270 e. The van der Waals surface area contributed by atoms with E-state index in [0.717, 1.165) is 0 Å². The van der Waals surface area contributed by atoms with Crippen molar-refractivity contribution >= 4 is 0 Å². The van der Waals surface area contributed by atoms with Crippen molar-refractivity contribution in [2.24, 2.45) is 5.73 Å². The highest BCUT2D eigenvalue weighted by Crippen LogP contribution is 2.03. The molecule has 2 N–H and O–H groups in total. The SMILES string of the molecule is CC(N)COc1cnn(CCn2ccccc2=O)c(=O)c1. The van der Waals surface area contributed by atoms with Crippen LogP contribution in [-0.4, -0.2) is 27.0 Å². The lowest BCUT2D eigenvalue weighted by molar-refractivity contribution is 0.292. The zero-order chi connectivity index (χ0) is 15.2. The number of hydrogen-bond donors (Lipinski definition) is 1. The third kappa shape index (κ3) is 4.28. The van der Waals surface area contributed by atoms with Crippen molar-refractivity contribution in [3.8, 4) is 5.75 Å². The summed E-state index contributed by atoms with van der Waals surface area (Å²) in [5.41, 5.74) is 5.19. The molecule has 0 spiro atoms. The molecule has 0 aliphatic carbocycles. The third-order valence-corrected chi connectivity index (χ3v) is 2.81. The second kappa shape index (κ2) is 6.85. The molecule has 2 aromatic heterocycles. The van der Waals surface area contributed by atoms with Gasteiger partial charge >= 0.3 is 0 Å². The molecule has 21 heavy (non-hydrogen) atoms. The molecular formula is C14H18N4O3. The first-order valence-electron chi connectivity index (χ1n) is 6.67. The van der Waals surface area contributed by atoms with Gasteiger partial charge in [-0.25, -0.2) is 4.68 Å². The molecule has 0 radical (unpaired) electrons. The van der Waals surface area contributed by atoms with Gasteiger partial charge in [0.2, 0.25) is 0 Å². The maximum atomic E-state index is 11.9. The summed E-state index contributed by atoms with van der Waals surface area (Å²) in [7, 11) is 0. The van der Waals surface area contributed by atoms with Crippen LogP contribution in [0.4, 0.5) is 0 Å². The minimum Gasteiger partial charge on any atom is -0.490 e. The Kier molecular flexibility index (Phi) is 4.89. The fourth-order valence-corrected chi connectivity index (χ4v) is 1.74. The number of rotatable bonds is 6. The van der Waals surface area contributed by atoms with Gasteiger partial charge in [0.1, 0.15) is 12.4 Å². The normalized spacial score (nSPS) is 12.1. The second-order valence-electron chi connectivity index (χ2n) is 4.77. The van der Waals surface area contributed by atoms with Crippen molar-refractivity contribution in [3.63, 3.8) is 0 Å². The van der Waals surface area contributed by atoms with Gasteiger partial charge in [0.25, 0.3) is 11.1 Å². The highest BCUT2D eigenvalue weighted by atomic mass is 16.5. The van der Waals surface area contributed by atoms with Gasteiger partial charge in [-0.05, 0) is 13.0 Å². The number of aryl methyl sites for hydroxylation is 2. The Bertz CT molecular complexity index is 706. The van der Waals surface area contributed by atoms with E-state index in [2.05, 4.69) is 5.10 Å². The average Bonchev–Trinajstić information content (AvgIpc) is 2.45. The van der Waals surface area contributed by atoms with Crippen molar-refractivity contribution in [2.45, 2.75) is 26.1 Å². The van der Waals surface area contributed by atoms with E-state index in [1.54, 1.807) is 18.3 Å². The van der Waals surface area contributed by atoms with Crippen LogP contribution in [0.15, 0.2) is 46.2 Å². The van der Waals surface area contributed by atoms with Crippen LogP contribution in [0.5, 0.6) is 5.75 Å². The summed E-state index contributed by atoms with van der Waals surface area (Å²) in [4.78, 5) is 23.4. The Morgan fingerprint density at radius 2 is 2.10 bits per heavy atom. The van der Waals surface area contributed by atoms with Crippen molar-refractivity contribution < 1.29 is 4.74 Å². The summed E-state index contributed by atoms with van der Waals surface area (Å²) in [6, 6.07) is 6.16. The quantitative estimate of drug-likeness (QED) is 0.797. The minimum atomic E-state index is -0.277. The van der Waals surface area contributed by atoms with Gasteiger partial charge in [-0.1, -0.05) is 6.07 Å². The van der Waals surface area contributed by atoms with E-state index in [-0.39, 0.29) is 17.2 Å². The van der Waals surface area contributed by atoms with Crippen LogP contribution in [0.2, 0.25) is 0 Å². The molecule has 2 rings (SSSR count). The second-order valence-corrected chi connectivity index (χ2v) is 4.77. The van der Waals surface area contributed by atoms with Crippen LogP contribution in [0.1, 0.15) is 6.92 Å². The van der Waals surface area contributed by atoms with Crippen molar-refractivity contribution in [1.29, 1.82) is 0 Å². The Morgan fingerprint density at radius 3 is 2.76 bits per heavy atom. The lowest BCUT2D eigenvalue weighted by Crippen LogP contribution is -2.28. The molecule has 0 aliphatic heterocycles. The number of ether oxygens (including phenoxy) is 1. The molecule has 7 heteroatoms. The number of aromatic nitrogens is 3. The zero-order valence-electron chi connectivity index (χ0n) is 11.8. The zero-order valence-corrected chi connectivity index (χ0v) is 11.8. The van der Waals surface area contributed by atoms with E-state index >= 15 is 0 Å². The summed E-state index contributed by atoms with van der Waals surface area (Å²) >= 11 is 0. The molecule has 0 bridgehead atoms. The molecular weight excluding hydrogens is 272 g/mol. The van der Waals surface area contributed by atoms with Gasteiger partial charge in [0.15, 0.2) is 0 Å². The van der Waals surface area contributed by atoms with E-state index in [0.29, 0.717) is 25.4 Å². The molecule has 2 aromatic rings. The molecule has 0 saturated carbocycles. The Hall–Kier alpha value is -2.41. The number of nitrogens with two attached hydrogens (primary N) is 1. The van der Waals surface area contributed by atoms with Gasteiger partial charge < -0.3 is 15.0 Å². The molecule has 112 valence electrons. The van der Waals surface area contributed by atoms with Crippen LogP contribution in [0, 0.1) is 0 Å². The molecule has 0 aromatic carbocycles. The summed E-state index contributed by atoms with van der Waals surface area (Å²) in [6.07, 6.45) is 3.14. The molecule has 1 unspecified atom stereocenters. The predicted octanol–water partition coefficient (Wildman–Crippen LogP) is -0.169. The number of nitrogens with zero attached hydrogens (tertiary/aromatic N) is 3. The molecule has 0 amide bonds. The topological polar surface area (TPSA) is 92.1 Å². The average molecular weight is 290 g/mol. The van der Waals surface area contributed by atoms with E-state index in [4.69, 9.17) is 10.5 Å². The number of pyridine rings is 1. The highest BCUT2D eigenvalue weighted by molar-refractivity contribution is 5.13. The van der Waals surface area contributed by atoms with Gasteiger partial charge in [-0.15, -0.1) is 0 Å². The van der Waals surface area contributed by atoms with Gasteiger partial charge in [0, 0.05) is 30.9 Å². The van der Waals surface area contributed by atoms with Gasteiger partial charge in [-0.2, -0.15) is 5.10 Å². The standard InChI is InChI=1S/C14H18N4O3/c1-11(15)10-21-12-8-14(20)18(16-9-12)7-6-17-5-3-2-4-13(17)19/h2-5,8-9,11H,6-7,10,15H2,1H3. The fourth-order valence-electron chi connectivity index (χ4n) is 1.74. The summed E-state index contributed by atoms with van der Waals surface area (Å²) in [5.74, 6) is 0.394. The predicted molar refractivity (Wildman–Crippen MR) is 78.3 cm³/mol. The minimum absolute atomic E-state index is 0.109. The van der Waals surface area contributed by atoms with Gasteiger partial charge in [-0.3, -0.25) is 9.59 Å². The van der Waals surface area contributed by atoms with E-state index in [1.807, 2.05) is 6.92 Å². The molecule has 7 nitrogen and oxygen atoms in total.